The molecule has 5 heteroatoms. The van der Waals surface area contributed by atoms with Crippen LogP contribution in [0.3, 0.4) is 0 Å². The minimum absolute atomic E-state index is 0.0131. The van der Waals surface area contributed by atoms with Crippen LogP contribution >= 0.6 is 0 Å². The number of benzene rings is 2. The van der Waals surface area contributed by atoms with E-state index >= 15 is 0 Å². The molecule has 0 spiro atoms. The summed E-state index contributed by atoms with van der Waals surface area (Å²) in [5.41, 5.74) is -0.189. The first-order chi connectivity index (χ1) is 16.1. The maximum atomic E-state index is 7.16. The molecule has 34 heavy (non-hydrogen) atoms. The average Bonchev–Trinajstić information content (AvgIpc) is 3.53. The third kappa shape index (κ3) is 5.44. The largest absolute Gasteiger partial charge is 0.414 e. The van der Waals surface area contributed by atoms with Crippen molar-refractivity contribution < 1.29 is 13.6 Å². The molecule has 1 saturated heterocycles. The second-order valence-electron chi connectivity index (χ2n) is 11.3. The highest BCUT2D eigenvalue weighted by molar-refractivity contribution is 6.99. The maximum Gasteiger partial charge on any atom is 0.261 e. The molecular formula is C29H46O3Si2. The molecule has 2 aromatic carbocycles. The first kappa shape index (κ1) is 27.3. The highest BCUT2D eigenvalue weighted by atomic mass is 28.4. The molecule has 3 rings (SSSR count). The summed E-state index contributed by atoms with van der Waals surface area (Å²) in [7, 11) is -4.14. The van der Waals surface area contributed by atoms with Crippen LogP contribution in [0.1, 0.15) is 55.4 Å². The van der Waals surface area contributed by atoms with Gasteiger partial charge < -0.3 is 13.6 Å². The van der Waals surface area contributed by atoms with Crippen LogP contribution in [0.25, 0.3) is 0 Å². The molecular weight excluding hydrogens is 452 g/mol. The number of rotatable bonds is 12. The van der Waals surface area contributed by atoms with Gasteiger partial charge in [-0.05, 0) is 40.5 Å². The molecule has 0 radical (unpaired) electrons. The highest BCUT2D eigenvalue weighted by Gasteiger charge is 2.57. The highest BCUT2D eigenvalue weighted by Crippen LogP contribution is 2.44. The minimum atomic E-state index is -2.52. The molecule has 0 aliphatic carbocycles. The summed E-state index contributed by atoms with van der Waals surface area (Å²) in [5, 5.41) is 2.64. The molecule has 0 unspecified atom stereocenters. The Labute approximate surface area is 210 Å². The third-order valence-corrected chi connectivity index (χ3v) is 17.7. The number of hydrogen-bond donors (Lipinski definition) is 0. The minimum Gasteiger partial charge on any atom is -0.414 e. The summed E-state index contributed by atoms with van der Waals surface area (Å²) >= 11 is 0. The zero-order valence-electron chi connectivity index (χ0n) is 22.7. The quantitative estimate of drug-likeness (QED) is 0.251. The molecule has 1 fully saturated rings. The third-order valence-electron chi connectivity index (χ3n) is 8.04. The molecule has 1 heterocycles. The maximum absolute atomic E-state index is 7.16. The van der Waals surface area contributed by atoms with Crippen LogP contribution < -0.4 is 10.4 Å². The van der Waals surface area contributed by atoms with Crippen LogP contribution in [0, 0.1) is 5.92 Å². The van der Waals surface area contributed by atoms with Crippen molar-refractivity contribution in [2.24, 2.45) is 5.92 Å². The Morgan fingerprint density at radius 3 is 1.74 bits per heavy atom. The fourth-order valence-corrected chi connectivity index (χ4v) is 12.9. The number of epoxide rings is 1. The van der Waals surface area contributed by atoms with Crippen LogP contribution in [-0.2, 0) is 13.6 Å². The number of ether oxygens (including phenoxy) is 1. The lowest BCUT2D eigenvalue weighted by atomic mass is 9.99. The summed E-state index contributed by atoms with van der Waals surface area (Å²) in [4.78, 5) is 0. The molecule has 2 aromatic rings. The topological polar surface area (TPSA) is 31.0 Å². The van der Waals surface area contributed by atoms with Gasteiger partial charge in [0.15, 0.2) is 8.32 Å². The van der Waals surface area contributed by atoms with Crippen molar-refractivity contribution in [3.63, 3.8) is 0 Å². The van der Waals surface area contributed by atoms with E-state index in [9.17, 15) is 0 Å². The van der Waals surface area contributed by atoms with Crippen molar-refractivity contribution >= 4 is 27.0 Å². The Morgan fingerprint density at radius 2 is 1.32 bits per heavy atom. The van der Waals surface area contributed by atoms with E-state index in [1.807, 2.05) is 0 Å². The van der Waals surface area contributed by atoms with Crippen molar-refractivity contribution in [1.82, 2.24) is 0 Å². The van der Waals surface area contributed by atoms with Crippen LogP contribution in [0.2, 0.25) is 23.2 Å². The Kier molecular flexibility index (Phi) is 8.68. The Balaban J connectivity index is 1.79. The van der Waals surface area contributed by atoms with Gasteiger partial charge in [0.2, 0.25) is 0 Å². The van der Waals surface area contributed by atoms with Crippen molar-refractivity contribution in [2.45, 2.75) is 90.3 Å². The van der Waals surface area contributed by atoms with E-state index in [1.54, 1.807) is 0 Å². The molecule has 188 valence electrons. The Morgan fingerprint density at radius 1 is 0.853 bits per heavy atom. The predicted octanol–water partition coefficient (Wildman–Crippen LogP) is 6.38. The van der Waals surface area contributed by atoms with E-state index in [2.05, 4.69) is 116 Å². The first-order valence-corrected chi connectivity index (χ1v) is 17.6. The van der Waals surface area contributed by atoms with Gasteiger partial charge >= 0.3 is 0 Å². The van der Waals surface area contributed by atoms with Gasteiger partial charge in [0.25, 0.3) is 8.32 Å². The fraction of sp³-hybridized carbons (Fsp3) is 0.586. The van der Waals surface area contributed by atoms with Gasteiger partial charge in [-0.15, -0.1) is 0 Å². The molecule has 0 N–H and O–H groups in total. The van der Waals surface area contributed by atoms with Crippen LogP contribution in [0.4, 0.5) is 0 Å². The monoisotopic (exact) mass is 498 g/mol. The average molecular weight is 499 g/mol. The predicted molar refractivity (Wildman–Crippen MR) is 149 cm³/mol. The van der Waals surface area contributed by atoms with E-state index in [-0.39, 0.29) is 16.7 Å². The molecule has 0 aromatic heterocycles. The Hall–Kier alpha value is -1.25. The molecule has 1 aliphatic rings. The molecule has 1 aliphatic heterocycles. The van der Waals surface area contributed by atoms with E-state index in [1.165, 1.54) is 28.5 Å². The van der Waals surface area contributed by atoms with E-state index in [0.29, 0.717) is 19.1 Å². The molecule has 0 saturated carbocycles. The van der Waals surface area contributed by atoms with Crippen LogP contribution in [-0.4, -0.2) is 41.6 Å². The molecule has 3 atom stereocenters. The molecule has 0 amide bonds. The van der Waals surface area contributed by atoms with E-state index < -0.39 is 16.6 Å². The van der Waals surface area contributed by atoms with Gasteiger partial charge in [0, 0.05) is 12.5 Å². The van der Waals surface area contributed by atoms with Crippen LogP contribution in [0.15, 0.2) is 60.7 Å². The van der Waals surface area contributed by atoms with Crippen molar-refractivity contribution in [3.8, 4) is 0 Å². The van der Waals surface area contributed by atoms with E-state index in [4.69, 9.17) is 13.6 Å². The SMILES string of the molecule is CC[Si](CC)(CC)OC[C@@]1(C)O[C@@H]1[C@H](C)CO[Si](c1ccccc1)(c1ccccc1)C(C)(C)C. The summed E-state index contributed by atoms with van der Waals surface area (Å²) in [6.45, 7) is 19.7. The van der Waals surface area contributed by atoms with Crippen LogP contribution in [0.5, 0.6) is 0 Å². The van der Waals surface area contributed by atoms with Crippen molar-refractivity contribution in [3.05, 3.63) is 60.7 Å². The van der Waals surface area contributed by atoms with Gasteiger partial charge in [0.1, 0.15) is 5.60 Å². The zero-order chi connectivity index (χ0) is 25.0. The molecule has 3 nitrogen and oxygen atoms in total. The second kappa shape index (κ2) is 10.8. The van der Waals surface area contributed by atoms with Crippen molar-refractivity contribution in [2.75, 3.05) is 13.2 Å². The van der Waals surface area contributed by atoms with Gasteiger partial charge in [-0.2, -0.15) is 0 Å². The number of hydrogen-bond acceptors (Lipinski definition) is 3. The lowest BCUT2D eigenvalue weighted by Gasteiger charge is -2.43. The molecule has 0 bridgehead atoms. The summed E-state index contributed by atoms with van der Waals surface area (Å²) < 4.78 is 20.1. The van der Waals surface area contributed by atoms with Gasteiger partial charge in [-0.3, -0.25) is 0 Å². The summed E-state index contributed by atoms with van der Waals surface area (Å²) in [6.07, 6.45) is 0.183. The lowest BCUT2D eigenvalue weighted by Crippen LogP contribution is -2.67. The van der Waals surface area contributed by atoms with E-state index in [0.717, 1.165) is 0 Å². The van der Waals surface area contributed by atoms with Gasteiger partial charge in [-0.1, -0.05) is 109 Å². The fourth-order valence-electron chi connectivity index (χ4n) is 5.55. The first-order valence-electron chi connectivity index (χ1n) is 13.1. The zero-order valence-corrected chi connectivity index (χ0v) is 24.7. The van der Waals surface area contributed by atoms with Gasteiger partial charge in [-0.25, -0.2) is 0 Å². The Bertz CT molecular complexity index is 845. The van der Waals surface area contributed by atoms with Gasteiger partial charge in [0.05, 0.1) is 12.7 Å². The summed E-state index contributed by atoms with van der Waals surface area (Å²) in [5.74, 6) is 0.302. The standard InChI is InChI=1S/C29H46O3Si2/c1-9-33(10-2,11-3)31-23-29(8)27(32-29)24(4)22-30-34(28(5,6)7,25-18-14-12-15-19-25)26-20-16-13-17-21-26/h12-21,24,27H,9-11,22-23H2,1-8H3/t24-,27-,29-/m1/s1. The normalized spacial score (nSPS) is 21.9. The van der Waals surface area contributed by atoms with Crippen molar-refractivity contribution in [1.29, 1.82) is 0 Å². The lowest BCUT2D eigenvalue weighted by molar-refractivity contribution is 0.186. The summed E-state index contributed by atoms with van der Waals surface area (Å²) in [6, 6.07) is 25.3. The smallest absolute Gasteiger partial charge is 0.261 e. The second-order valence-corrected chi connectivity index (χ2v) is 20.4.